The van der Waals surface area contributed by atoms with Crippen LogP contribution in [0, 0.1) is 0 Å². The maximum Gasteiger partial charge on any atom is 0.341 e. The van der Waals surface area contributed by atoms with E-state index in [1.165, 1.54) is 26.0 Å². The summed E-state index contributed by atoms with van der Waals surface area (Å²) in [5.74, 6) is -0.109. The van der Waals surface area contributed by atoms with Gasteiger partial charge in [-0.05, 0) is 12.1 Å². The van der Waals surface area contributed by atoms with E-state index in [0.717, 1.165) is 4.91 Å². The van der Waals surface area contributed by atoms with Crippen molar-refractivity contribution in [3.63, 3.8) is 0 Å². The predicted molar refractivity (Wildman–Crippen MR) is 82.9 cm³/mol. The number of aliphatic imine (C=N–C) groups is 1. The number of anilines is 1. The summed E-state index contributed by atoms with van der Waals surface area (Å²) in [5, 5.41) is 3.84. The highest BCUT2D eigenvalue weighted by Gasteiger charge is 2.19. The van der Waals surface area contributed by atoms with Crippen LogP contribution in [0.5, 0.6) is 5.75 Å². The minimum absolute atomic E-state index is 0.0228. The van der Waals surface area contributed by atoms with Gasteiger partial charge in [-0.15, -0.1) is 0 Å². The number of thioether (sulfide) groups is 1. The molecule has 0 saturated carbocycles. The minimum atomic E-state index is -0.477. The lowest BCUT2D eigenvalue weighted by Crippen LogP contribution is -2.12. The van der Waals surface area contributed by atoms with E-state index >= 15 is 0 Å². The van der Waals surface area contributed by atoms with Gasteiger partial charge >= 0.3 is 5.97 Å². The number of hydrogen-bond donors (Lipinski definition) is 1. The molecule has 7 heteroatoms. The van der Waals surface area contributed by atoms with Gasteiger partial charge in [0.25, 0.3) is 0 Å². The Bertz CT molecular complexity index is 586. The molecule has 0 amide bonds. The summed E-state index contributed by atoms with van der Waals surface area (Å²) in [7, 11) is 2.83. The van der Waals surface area contributed by atoms with Gasteiger partial charge in [-0.1, -0.05) is 24.4 Å². The van der Waals surface area contributed by atoms with Crippen LogP contribution in [-0.2, 0) is 9.47 Å². The van der Waals surface area contributed by atoms with Gasteiger partial charge in [0.2, 0.25) is 0 Å². The van der Waals surface area contributed by atoms with Gasteiger partial charge < -0.3 is 19.5 Å². The number of amidine groups is 1. The van der Waals surface area contributed by atoms with E-state index in [0.29, 0.717) is 28.7 Å². The number of rotatable bonds is 5. The lowest BCUT2D eigenvalue weighted by atomic mass is 10.1. The smallest absolute Gasteiger partial charge is 0.341 e. The molecule has 1 aliphatic rings. The Morgan fingerprint density at radius 3 is 2.90 bits per heavy atom. The molecule has 0 fully saturated rings. The highest BCUT2D eigenvalue weighted by molar-refractivity contribution is 8.17. The van der Waals surface area contributed by atoms with E-state index in [1.807, 2.05) is 0 Å². The van der Waals surface area contributed by atoms with Crippen molar-refractivity contribution in [3.05, 3.63) is 35.2 Å². The molecular weight excluding hydrogens is 292 g/mol. The van der Waals surface area contributed by atoms with Crippen molar-refractivity contribution >= 4 is 28.6 Å². The Hall–Kier alpha value is -1.99. The SMILES string of the molecule is C=C1CN=C(Nc2cccc(C(=O)OC)c2OCOC)S1. The average molecular weight is 308 g/mol. The van der Waals surface area contributed by atoms with Gasteiger partial charge in [0.15, 0.2) is 17.7 Å². The molecule has 0 aromatic heterocycles. The number of nitrogens with one attached hydrogen (secondary N) is 1. The van der Waals surface area contributed by atoms with Gasteiger partial charge in [-0.2, -0.15) is 0 Å². The molecule has 1 aromatic carbocycles. The number of nitrogens with zero attached hydrogens (tertiary/aromatic N) is 1. The number of hydrogen-bond acceptors (Lipinski definition) is 7. The fraction of sp³-hybridized carbons (Fsp3) is 0.286. The first kappa shape index (κ1) is 15.4. The molecule has 21 heavy (non-hydrogen) atoms. The van der Waals surface area contributed by atoms with Gasteiger partial charge in [0.1, 0.15) is 5.56 Å². The monoisotopic (exact) mass is 308 g/mol. The zero-order chi connectivity index (χ0) is 15.2. The molecule has 1 N–H and O–H groups in total. The standard InChI is InChI=1S/C14H16N2O4S/c1-9-7-15-14(21-9)16-11-6-4-5-10(13(17)19-3)12(11)20-8-18-2/h4-6H,1,7-8H2,2-3H3,(H,15,16). The third kappa shape index (κ3) is 3.77. The molecule has 0 spiro atoms. The topological polar surface area (TPSA) is 69.2 Å². The maximum atomic E-state index is 11.8. The van der Waals surface area contributed by atoms with Crippen LogP contribution in [0.15, 0.2) is 34.7 Å². The van der Waals surface area contributed by atoms with Crippen molar-refractivity contribution in [1.82, 2.24) is 0 Å². The molecule has 0 saturated heterocycles. The fourth-order valence-corrected chi connectivity index (χ4v) is 2.41. The number of para-hydroxylation sites is 1. The number of methoxy groups -OCH3 is 2. The quantitative estimate of drug-likeness (QED) is 0.666. The molecule has 1 aromatic rings. The van der Waals surface area contributed by atoms with Gasteiger partial charge in [0.05, 0.1) is 19.3 Å². The van der Waals surface area contributed by atoms with Crippen LogP contribution in [0.4, 0.5) is 5.69 Å². The molecule has 6 nitrogen and oxygen atoms in total. The molecule has 0 unspecified atom stereocenters. The number of benzene rings is 1. The van der Waals surface area contributed by atoms with Crippen molar-refractivity contribution in [2.75, 3.05) is 32.9 Å². The summed E-state index contributed by atoms with van der Waals surface area (Å²) in [6.45, 7) is 4.46. The van der Waals surface area contributed by atoms with E-state index in [-0.39, 0.29) is 6.79 Å². The highest BCUT2D eigenvalue weighted by atomic mass is 32.2. The van der Waals surface area contributed by atoms with Crippen LogP contribution < -0.4 is 10.1 Å². The average Bonchev–Trinajstić information content (AvgIpc) is 2.90. The number of carbonyl (C=O) groups excluding carboxylic acids is 1. The van der Waals surface area contributed by atoms with Gasteiger partial charge in [-0.3, -0.25) is 4.99 Å². The largest absolute Gasteiger partial charge is 0.465 e. The van der Waals surface area contributed by atoms with Crippen molar-refractivity contribution in [3.8, 4) is 5.75 Å². The van der Waals surface area contributed by atoms with Crippen molar-refractivity contribution in [2.45, 2.75) is 0 Å². The zero-order valence-electron chi connectivity index (χ0n) is 11.8. The summed E-state index contributed by atoms with van der Waals surface area (Å²) >= 11 is 1.45. The lowest BCUT2D eigenvalue weighted by Gasteiger charge is -2.15. The second-order valence-corrected chi connectivity index (χ2v) is 5.28. The van der Waals surface area contributed by atoms with Crippen LogP contribution in [0.25, 0.3) is 0 Å². The maximum absolute atomic E-state index is 11.8. The van der Waals surface area contributed by atoms with Crippen molar-refractivity contribution in [1.29, 1.82) is 0 Å². The molecule has 1 aliphatic heterocycles. The second kappa shape index (κ2) is 7.14. The second-order valence-electron chi connectivity index (χ2n) is 4.11. The molecule has 0 bridgehead atoms. The Balaban J connectivity index is 2.30. The van der Waals surface area contributed by atoms with E-state index in [2.05, 4.69) is 16.9 Å². The predicted octanol–water partition coefficient (Wildman–Crippen LogP) is 2.48. The Labute approximate surface area is 127 Å². The first-order valence-corrected chi connectivity index (χ1v) is 6.97. The van der Waals surface area contributed by atoms with Gasteiger partial charge in [-0.25, -0.2) is 4.79 Å². The van der Waals surface area contributed by atoms with Crippen LogP contribution in [0.1, 0.15) is 10.4 Å². The number of ether oxygens (including phenoxy) is 3. The Kier molecular flexibility index (Phi) is 5.24. The first-order valence-electron chi connectivity index (χ1n) is 6.16. The van der Waals surface area contributed by atoms with Crippen LogP contribution in [0.2, 0.25) is 0 Å². The molecular formula is C14H16N2O4S. The summed E-state index contributed by atoms with van der Waals surface area (Å²) in [4.78, 5) is 17.1. The first-order chi connectivity index (χ1) is 10.2. The van der Waals surface area contributed by atoms with Crippen molar-refractivity contribution < 1.29 is 19.0 Å². The van der Waals surface area contributed by atoms with E-state index in [4.69, 9.17) is 14.2 Å². The lowest BCUT2D eigenvalue weighted by molar-refractivity contribution is 0.0469. The van der Waals surface area contributed by atoms with Crippen molar-refractivity contribution in [2.24, 2.45) is 4.99 Å². The van der Waals surface area contributed by atoms with E-state index in [1.54, 1.807) is 18.2 Å². The molecule has 1 heterocycles. The normalized spacial score (nSPS) is 13.8. The van der Waals surface area contributed by atoms with Gasteiger partial charge in [0, 0.05) is 12.0 Å². The molecule has 0 aliphatic carbocycles. The van der Waals surface area contributed by atoms with E-state index < -0.39 is 5.97 Å². The van der Waals surface area contributed by atoms with E-state index in [9.17, 15) is 4.79 Å². The minimum Gasteiger partial charge on any atom is -0.465 e. The fourth-order valence-electron chi connectivity index (χ4n) is 1.72. The third-order valence-corrected chi connectivity index (χ3v) is 3.47. The molecule has 0 atom stereocenters. The number of esters is 1. The highest BCUT2D eigenvalue weighted by Crippen LogP contribution is 2.32. The molecule has 2 rings (SSSR count). The summed E-state index contributed by atoms with van der Waals surface area (Å²) in [6.07, 6.45) is 0. The summed E-state index contributed by atoms with van der Waals surface area (Å²) in [5.41, 5.74) is 0.942. The number of carbonyl (C=O) groups is 1. The molecule has 112 valence electrons. The summed E-state index contributed by atoms with van der Waals surface area (Å²) in [6, 6.07) is 5.16. The van der Waals surface area contributed by atoms with Crippen LogP contribution >= 0.6 is 11.8 Å². The van der Waals surface area contributed by atoms with Crippen LogP contribution in [-0.4, -0.2) is 38.7 Å². The van der Waals surface area contributed by atoms with Crippen LogP contribution in [0.3, 0.4) is 0 Å². The summed E-state index contributed by atoms with van der Waals surface area (Å²) < 4.78 is 15.2. The third-order valence-electron chi connectivity index (χ3n) is 2.62. The Morgan fingerprint density at radius 2 is 2.29 bits per heavy atom. The molecule has 0 radical (unpaired) electrons. The Morgan fingerprint density at radius 1 is 1.48 bits per heavy atom. The zero-order valence-corrected chi connectivity index (χ0v) is 12.7.